The summed E-state index contributed by atoms with van der Waals surface area (Å²) in [6.45, 7) is 15.7. The molecule has 0 unspecified atom stereocenters. The second-order valence-corrected chi connectivity index (χ2v) is 12.5. The van der Waals surface area contributed by atoms with Crippen molar-refractivity contribution in [2.24, 2.45) is 5.41 Å². The Morgan fingerprint density at radius 2 is 1.60 bits per heavy atom. The fraction of sp³-hybridized carbons (Fsp3) is 0.720. The van der Waals surface area contributed by atoms with Gasteiger partial charge in [0, 0.05) is 13.2 Å². The van der Waals surface area contributed by atoms with Crippen LogP contribution in [0.25, 0.3) is 0 Å². The van der Waals surface area contributed by atoms with Crippen LogP contribution in [0.3, 0.4) is 0 Å². The van der Waals surface area contributed by atoms with Crippen LogP contribution in [0.2, 0.25) is 0 Å². The Balaban J connectivity index is 0. The molecule has 5 heteroatoms. The predicted molar refractivity (Wildman–Crippen MR) is 130 cm³/mol. The monoisotopic (exact) mass is 436 g/mol. The normalized spacial score (nSPS) is 11.8. The maximum absolute atomic E-state index is 5.75. The average molecular weight is 437 g/mol. The molecule has 0 atom stereocenters. The number of rotatable bonds is 15. The Morgan fingerprint density at radius 3 is 2.17 bits per heavy atom. The van der Waals surface area contributed by atoms with Crippen molar-refractivity contribution in [2.45, 2.75) is 97.8 Å². The molecule has 1 nitrogen and oxygen atoms in total. The summed E-state index contributed by atoms with van der Waals surface area (Å²) in [5.74, 6) is 1.17. The van der Waals surface area contributed by atoms with Crippen LogP contribution in [0.15, 0.2) is 24.3 Å². The van der Waals surface area contributed by atoms with Gasteiger partial charge in [-0.25, -0.2) is 0 Å². The smallest absolute Gasteiger partial charge is 0.389 e. The predicted octanol–water partition coefficient (Wildman–Crippen LogP) is 2.54. The molecule has 1 rings (SSSR count). The number of unbranched alkanes of at least 4 members (excludes halogenated alkanes) is 5. The van der Waals surface area contributed by atoms with Gasteiger partial charge < -0.3 is 28.3 Å². The second kappa shape index (κ2) is 18.5. The van der Waals surface area contributed by atoms with Crippen LogP contribution in [0.5, 0.6) is 0 Å². The minimum atomic E-state index is 0. The van der Waals surface area contributed by atoms with Crippen molar-refractivity contribution in [1.29, 1.82) is 0 Å². The van der Waals surface area contributed by atoms with Gasteiger partial charge in [-0.1, -0.05) is 80.1 Å². The molecule has 0 fully saturated rings. The van der Waals surface area contributed by atoms with Gasteiger partial charge in [-0.2, -0.15) is 34.9 Å². The molecule has 0 aliphatic carbocycles. The minimum absolute atomic E-state index is 0. The van der Waals surface area contributed by atoms with Gasteiger partial charge in [-0.3, -0.25) is 0 Å². The van der Waals surface area contributed by atoms with E-state index in [9.17, 15) is 0 Å². The van der Waals surface area contributed by atoms with E-state index < -0.39 is 0 Å². The van der Waals surface area contributed by atoms with Gasteiger partial charge in [0.2, 0.25) is 0 Å². The topological polar surface area (TPSA) is 9.23 Å². The second-order valence-electron chi connectivity index (χ2n) is 9.15. The molecule has 0 amide bonds. The molecule has 30 heavy (non-hydrogen) atoms. The number of ether oxygens (including phenoxy) is 1. The zero-order valence-electron chi connectivity index (χ0n) is 21.1. The molecule has 0 aliphatic rings. The zero-order chi connectivity index (χ0) is 20.9. The largest absolute Gasteiger partial charge is 1.00 e. The summed E-state index contributed by atoms with van der Waals surface area (Å²) in [7, 11) is 0. The first-order valence-electron chi connectivity index (χ1n) is 11.0. The number of hydrogen-bond donors (Lipinski definition) is 0. The third kappa shape index (κ3) is 16.7. The average Bonchev–Trinajstić information content (AvgIpc) is 2.62. The first-order chi connectivity index (χ1) is 13.2. The van der Waals surface area contributed by atoms with Crippen molar-refractivity contribution in [2.75, 3.05) is 12.4 Å². The van der Waals surface area contributed by atoms with Gasteiger partial charge in [-0.05, 0) is 16.9 Å². The van der Waals surface area contributed by atoms with E-state index >= 15 is 0 Å². The Morgan fingerprint density at radius 1 is 0.967 bits per heavy atom. The maximum atomic E-state index is 5.75. The van der Waals surface area contributed by atoms with E-state index in [1.54, 1.807) is 4.58 Å². The zero-order valence-corrected chi connectivity index (χ0v) is 22.7. The van der Waals surface area contributed by atoms with E-state index in [0.29, 0.717) is 16.8 Å². The van der Waals surface area contributed by atoms with Gasteiger partial charge in [0.1, 0.15) is 0 Å². The van der Waals surface area contributed by atoms with Crippen molar-refractivity contribution >= 4 is 23.5 Å². The summed E-state index contributed by atoms with van der Waals surface area (Å²) in [5, 5.41) is 0. The van der Waals surface area contributed by atoms with Crippen LogP contribution in [-0.2, 0) is 11.3 Å². The first kappa shape index (κ1) is 33.2. The molecule has 0 heterocycles. The molecule has 0 saturated carbocycles. The van der Waals surface area contributed by atoms with Crippen molar-refractivity contribution in [3.63, 3.8) is 0 Å². The molecule has 0 aromatic heterocycles. The summed E-state index contributed by atoms with van der Waals surface area (Å²) in [5.41, 5.74) is 1.54. The fourth-order valence-corrected chi connectivity index (χ4v) is 6.09. The van der Waals surface area contributed by atoms with Crippen molar-refractivity contribution in [1.82, 2.24) is 0 Å². The van der Waals surface area contributed by atoms with Gasteiger partial charge in [0.25, 0.3) is 0 Å². The van der Waals surface area contributed by atoms with Crippen LogP contribution in [-0.4, -0.2) is 17.1 Å². The van der Waals surface area contributed by atoms with E-state index in [-0.39, 0.29) is 37.7 Å². The first-order valence-corrected chi connectivity index (χ1v) is 12.8. The molecule has 0 radical (unpaired) electrons. The number of thioether (sulfide) groups is 2. The Kier molecular flexibility index (Phi) is 20.5. The summed E-state index contributed by atoms with van der Waals surface area (Å²) >= 11 is 4.13. The standard InChI is InChI=1S/C25H42OS2.2Li/c1-7-27-23(28-24(2,3)4)25(5,6)19-15-10-8-9-11-16-20-26-21-22-17-13-12-14-18-22;;/h12-13,17-18H,7-11,15-16,19-21H2,1-6H3;;/q-2;2*+1. The summed E-state index contributed by atoms with van der Waals surface area (Å²) in [6, 6.07) is 11.1. The molecule has 0 spiro atoms. The number of hydrogen-bond acceptors (Lipinski definition) is 3. The SMILES string of the molecule is CCS[C-](SC(C)(C)C)C(C)(C)CCCCCCCCOCc1c[c-]ccc1.[Li+].[Li+]. The quantitative estimate of drug-likeness (QED) is 0.238. The summed E-state index contributed by atoms with van der Waals surface area (Å²) < 4.78 is 7.68. The van der Waals surface area contributed by atoms with Crippen molar-refractivity contribution in [3.8, 4) is 0 Å². The van der Waals surface area contributed by atoms with Gasteiger partial charge in [0.15, 0.2) is 0 Å². The summed E-state index contributed by atoms with van der Waals surface area (Å²) in [4.78, 5) is 0. The van der Waals surface area contributed by atoms with Crippen molar-refractivity contribution < 1.29 is 42.5 Å². The molecular weight excluding hydrogens is 394 g/mol. The van der Waals surface area contributed by atoms with Crippen LogP contribution < -0.4 is 37.7 Å². The van der Waals surface area contributed by atoms with Gasteiger partial charge >= 0.3 is 37.7 Å². The van der Waals surface area contributed by atoms with E-state index in [0.717, 1.165) is 6.61 Å². The van der Waals surface area contributed by atoms with Crippen molar-refractivity contribution in [3.05, 3.63) is 40.5 Å². The molecule has 162 valence electrons. The molecule has 0 saturated heterocycles. The Bertz CT molecular complexity index is 504. The van der Waals surface area contributed by atoms with Gasteiger partial charge in [0.05, 0.1) is 0 Å². The van der Waals surface area contributed by atoms with E-state index in [4.69, 9.17) is 4.74 Å². The molecular formula is C25H42Li2OS2. The molecule has 1 aromatic carbocycles. The molecule has 1 aromatic rings. The third-order valence-electron chi connectivity index (χ3n) is 4.61. The molecule has 0 bridgehead atoms. The summed E-state index contributed by atoms with van der Waals surface area (Å²) in [6.07, 6.45) is 9.14. The van der Waals surface area contributed by atoms with E-state index in [1.807, 2.05) is 18.2 Å². The van der Waals surface area contributed by atoms with E-state index in [2.05, 4.69) is 77.2 Å². The maximum Gasteiger partial charge on any atom is 1.00 e. The Labute approximate surface area is 220 Å². The van der Waals surface area contributed by atoms with Gasteiger partial charge in [-0.15, -0.1) is 11.0 Å². The van der Waals surface area contributed by atoms with Crippen LogP contribution >= 0.6 is 23.5 Å². The molecule has 0 aliphatic heterocycles. The molecule has 0 N–H and O–H groups in total. The fourth-order valence-electron chi connectivity index (χ4n) is 3.06. The van der Waals surface area contributed by atoms with Crippen LogP contribution in [0, 0.1) is 16.1 Å². The minimum Gasteiger partial charge on any atom is -0.389 e. The van der Waals surface area contributed by atoms with E-state index in [1.165, 1.54) is 56.3 Å². The van der Waals surface area contributed by atoms with Crippen LogP contribution in [0.1, 0.15) is 92.1 Å². The third-order valence-corrected chi connectivity index (χ3v) is 7.66. The van der Waals surface area contributed by atoms with Crippen LogP contribution in [0.4, 0.5) is 0 Å². The number of benzene rings is 1. The Hall–Kier alpha value is 1.07.